The fourth-order valence-electron chi connectivity index (χ4n) is 0.993. The van der Waals surface area contributed by atoms with E-state index in [1.165, 1.54) is 0 Å². The van der Waals surface area contributed by atoms with Crippen LogP contribution in [0.15, 0.2) is 0 Å². The fourth-order valence-corrected chi connectivity index (χ4v) is 0.993. The van der Waals surface area contributed by atoms with Crippen molar-refractivity contribution in [1.82, 2.24) is 15.4 Å². The van der Waals surface area contributed by atoms with E-state index in [0.29, 0.717) is 0 Å². The SMILES string of the molecule is C1=c2nn[nH]c2=CCC1.[HH]. The second-order valence-electron chi connectivity index (χ2n) is 2.10. The predicted molar refractivity (Wildman–Crippen MR) is 35.9 cm³/mol. The molecule has 2 rings (SSSR count). The van der Waals surface area contributed by atoms with Gasteiger partial charge in [0.15, 0.2) is 0 Å². The highest BCUT2D eigenvalue weighted by Gasteiger charge is 1.92. The summed E-state index contributed by atoms with van der Waals surface area (Å²) in [6, 6.07) is 0. The van der Waals surface area contributed by atoms with Crippen LogP contribution in [0, 0.1) is 0 Å². The van der Waals surface area contributed by atoms with Gasteiger partial charge in [0.25, 0.3) is 0 Å². The summed E-state index contributed by atoms with van der Waals surface area (Å²) in [6.07, 6.45) is 6.42. The predicted octanol–water partition coefficient (Wildman–Crippen LogP) is -0.595. The summed E-state index contributed by atoms with van der Waals surface area (Å²) in [5.41, 5.74) is 0. The molecule has 1 heterocycles. The number of nitrogens with one attached hydrogen (secondary N) is 1. The Bertz CT molecular complexity index is 283. The number of nitrogens with zero attached hydrogens (tertiary/aromatic N) is 2. The zero-order valence-corrected chi connectivity index (χ0v) is 4.96. The van der Waals surface area contributed by atoms with Gasteiger partial charge in [-0.2, -0.15) is 0 Å². The first-order chi connectivity index (χ1) is 4.47. The van der Waals surface area contributed by atoms with E-state index in [9.17, 15) is 0 Å². The molecule has 0 aromatic carbocycles. The fraction of sp³-hybridized carbons (Fsp3) is 0.333. The maximum atomic E-state index is 3.86. The van der Waals surface area contributed by atoms with Crippen LogP contribution in [-0.2, 0) is 0 Å². The molecule has 0 atom stereocenters. The van der Waals surface area contributed by atoms with E-state index >= 15 is 0 Å². The van der Waals surface area contributed by atoms with Gasteiger partial charge in [0.05, 0.1) is 5.35 Å². The van der Waals surface area contributed by atoms with Crippen LogP contribution in [0.4, 0.5) is 0 Å². The first-order valence-electron chi connectivity index (χ1n) is 3.04. The second-order valence-corrected chi connectivity index (χ2v) is 2.10. The van der Waals surface area contributed by atoms with Crippen LogP contribution in [0.1, 0.15) is 14.3 Å². The van der Waals surface area contributed by atoms with Gasteiger partial charge in [0, 0.05) is 1.43 Å². The molecule has 0 aliphatic heterocycles. The smallest absolute Gasteiger partial charge is 0.108 e. The van der Waals surface area contributed by atoms with Gasteiger partial charge in [-0.05, 0) is 12.8 Å². The molecule has 0 amide bonds. The highest BCUT2D eigenvalue weighted by Crippen LogP contribution is 1.91. The molecule has 0 unspecified atom stereocenters. The van der Waals surface area contributed by atoms with E-state index in [1.807, 2.05) is 0 Å². The number of aromatic amines is 1. The maximum Gasteiger partial charge on any atom is 0.108 e. The molecule has 1 N–H and O–H groups in total. The van der Waals surface area contributed by atoms with Gasteiger partial charge in [-0.1, -0.05) is 17.4 Å². The third kappa shape index (κ3) is 0.650. The summed E-state index contributed by atoms with van der Waals surface area (Å²) in [6.45, 7) is 0. The van der Waals surface area contributed by atoms with Gasteiger partial charge in [-0.3, -0.25) is 5.10 Å². The van der Waals surface area contributed by atoms with Crippen molar-refractivity contribution in [3.8, 4) is 0 Å². The van der Waals surface area contributed by atoms with E-state index in [2.05, 4.69) is 27.6 Å². The molecule has 0 bridgehead atoms. The van der Waals surface area contributed by atoms with E-state index < -0.39 is 0 Å². The average Bonchev–Trinajstić information content (AvgIpc) is 2.33. The van der Waals surface area contributed by atoms with Crippen molar-refractivity contribution in [2.45, 2.75) is 12.8 Å². The lowest BCUT2D eigenvalue weighted by Gasteiger charge is -1.88. The van der Waals surface area contributed by atoms with Crippen molar-refractivity contribution in [1.29, 1.82) is 0 Å². The molecule has 0 spiro atoms. The minimum absolute atomic E-state index is 0. The first-order valence-corrected chi connectivity index (χ1v) is 3.04. The molecular formula is C6H9N3. The van der Waals surface area contributed by atoms with Gasteiger partial charge in [-0.25, -0.2) is 0 Å². The summed E-state index contributed by atoms with van der Waals surface area (Å²) < 4.78 is 0. The minimum Gasteiger partial charge on any atom is -0.258 e. The zero-order chi connectivity index (χ0) is 6.10. The molecule has 1 aromatic heterocycles. The Balaban J connectivity index is 0.000000500. The third-order valence-corrected chi connectivity index (χ3v) is 1.46. The minimum atomic E-state index is 0. The van der Waals surface area contributed by atoms with E-state index in [1.54, 1.807) is 0 Å². The Morgan fingerprint density at radius 1 is 1.44 bits per heavy atom. The maximum absolute atomic E-state index is 3.86. The van der Waals surface area contributed by atoms with E-state index in [0.717, 1.165) is 23.5 Å². The van der Waals surface area contributed by atoms with Crippen molar-refractivity contribution in [2.24, 2.45) is 0 Å². The second kappa shape index (κ2) is 1.69. The molecule has 0 fully saturated rings. The summed E-state index contributed by atoms with van der Waals surface area (Å²) in [4.78, 5) is 0. The Morgan fingerprint density at radius 3 is 3.22 bits per heavy atom. The van der Waals surface area contributed by atoms with Crippen LogP contribution in [0.2, 0.25) is 0 Å². The molecule has 1 aromatic rings. The summed E-state index contributed by atoms with van der Waals surface area (Å²) in [5, 5.41) is 12.4. The van der Waals surface area contributed by atoms with Crippen LogP contribution >= 0.6 is 0 Å². The van der Waals surface area contributed by atoms with Crippen LogP contribution in [0.5, 0.6) is 0 Å². The average molecular weight is 123 g/mol. The zero-order valence-electron chi connectivity index (χ0n) is 4.96. The van der Waals surface area contributed by atoms with E-state index in [-0.39, 0.29) is 1.43 Å². The lowest BCUT2D eigenvalue weighted by molar-refractivity contribution is 0.925. The number of aromatic nitrogens is 3. The third-order valence-electron chi connectivity index (χ3n) is 1.46. The molecule has 1 aliphatic rings. The molecule has 0 saturated carbocycles. The number of fused-ring (bicyclic) bond motifs is 1. The quantitative estimate of drug-likeness (QED) is 0.500. The molecular weight excluding hydrogens is 114 g/mol. The number of rotatable bonds is 0. The van der Waals surface area contributed by atoms with E-state index in [4.69, 9.17) is 0 Å². The molecule has 3 nitrogen and oxygen atoms in total. The lowest BCUT2D eigenvalue weighted by Crippen LogP contribution is -2.26. The van der Waals surface area contributed by atoms with Gasteiger partial charge >= 0.3 is 0 Å². The number of hydrogen-bond acceptors (Lipinski definition) is 2. The molecule has 0 radical (unpaired) electrons. The Morgan fingerprint density at radius 2 is 2.33 bits per heavy atom. The van der Waals surface area contributed by atoms with Crippen LogP contribution in [0.25, 0.3) is 12.2 Å². The normalized spacial score (nSPS) is 15.6. The standard InChI is InChI=1S/C6H7N3.H2/c1-2-4-6-5(3-1)7-9-8-6;/h3-4H,1-2H2,(H,7,8);1H. The Kier molecular flexibility index (Phi) is 0.886. The van der Waals surface area contributed by atoms with Gasteiger partial charge < -0.3 is 0 Å². The number of H-pyrrole nitrogens is 1. The highest BCUT2D eigenvalue weighted by molar-refractivity contribution is 5.31. The van der Waals surface area contributed by atoms with Crippen LogP contribution < -0.4 is 10.7 Å². The van der Waals surface area contributed by atoms with Gasteiger partial charge in [0.1, 0.15) is 5.35 Å². The Hall–Kier alpha value is -1.12. The van der Waals surface area contributed by atoms with Crippen molar-refractivity contribution < 1.29 is 1.43 Å². The van der Waals surface area contributed by atoms with Crippen LogP contribution in [0.3, 0.4) is 0 Å². The van der Waals surface area contributed by atoms with Crippen molar-refractivity contribution >= 4 is 12.2 Å². The largest absolute Gasteiger partial charge is 0.258 e. The van der Waals surface area contributed by atoms with Crippen molar-refractivity contribution in [2.75, 3.05) is 0 Å². The summed E-state index contributed by atoms with van der Waals surface area (Å²) in [7, 11) is 0. The highest BCUT2D eigenvalue weighted by atomic mass is 15.3. The molecule has 1 aliphatic carbocycles. The molecule has 9 heavy (non-hydrogen) atoms. The monoisotopic (exact) mass is 123 g/mol. The lowest BCUT2D eigenvalue weighted by atomic mass is 10.2. The Labute approximate surface area is 53.6 Å². The topological polar surface area (TPSA) is 41.6 Å². The first kappa shape index (κ1) is 4.73. The summed E-state index contributed by atoms with van der Waals surface area (Å²) in [5.74, 6) is 0. The van der Waals surface area contributed by atoms with Crippen LogP contribution in [-0.4, -0.2) is 15.4 Å². The van der Waals surface area contributed by atoms with Gasteiger partial charge in [-0.15, -0.1) is 5.10 Å². The van der Waals surface area contributed by atoms with Crippen molar-refractivity contribution in [3.63, 3.8) is 0 Å². The summed E-state index contributed by atoms with van der Waals surface area (Å²) >= 11 is 0. The molecule has 48 valence electrons. The number of hydrogen-bond donors (Lipinski definition) is 1. The molecule has 3 heteroatoms. The van der Waals surface area contributed by atoms with Crippen molar-refractivity contribution in [3.05, 3.63) is 10.7 Å². The molecule has 0 saturated heterocycles. The van der Waals surface area contributed by atoms with Gasteiger partial charge in [0.2, 0.25) is 0 Å².